The molecular formula is C8H15IO. The van der Waals surface area contributed by atoms with Crippen LogP contribution in [-0.2, 0) is 0 Å². The zero-order valence-corrected chi connectivity index (χ0v) is 8.60. The van der Waals surface area contributed by atoms with Gasteiger partial charge in [0.1, 0.15) is 0 Å². The first kappa shape index (κ1) is 10.4. The van der Waals surface area contributed by atoms with E-state index in [0.717, 1.165) is 10.0 Å². The van der Waals surface area contributed by atoms with Crippen LogP contribution in [0.5, 0.6) is 0 Å². The van der Waals surface area contributed by atoms with Gasteiger partial charge in [0.25, 0.3) is 0 Å². The molecule has 0 aliphatic heterocycles. The summed E-state index contributed by atoms with van der Waals surface area (Å²) >= 11 is 2.17. The number of unbranched alkanes of at least 4 members (excludes halogenated alkanes) is 3. The monoisotopic (exact) mass is 254 g/mol. The minimum Gasteiger partial charge on any atom is -0.391 e. The SMILES string of the molecule is CCCCC/C=C(/I)CO. The van der Waals surface area contributed by atoms with Crippen LogP contribution in [0.3, 0.4) is 0 Å². The van der Waals surface area contributed by atoms with Crippen LogP contribution < -0.4 is 0 Å². The highest BCUT2D eigenvalue weighted by molar-refractivity contribution is 14.1. The summed E-state index contributed by atoms with van der Waals surface area (Å²) in [6.45, 7) is 2.40. The summed E-state index contributed by atoms with van der Waals surface area (Å²) in [4.78, 5) is 0. The van der Waals surface area contributed by atoms with Crippen LogP contribution >= 0.6 is 22.6 Å². The van der Waals surface area contributed by atoms with Crippen molar-refractivity contribution in [1.82, 2.24) is 0 Å². The topological polar surface area (TPSA) is 20.2 Å². The van der Waals surface area contributed by atoms with E-state index in [1.165, 1.54) is 19.3 Å². The summed E-state index contributed by atoms with van der Waals surface area (Å²) in [6.07, 6.45) is 7.04. The molecule has 10 heavy (non-hydrogen) atoms. The number of hydrogen-bond donors (Lipinski definition) is 1. The largest absolute Gasteiger partial charge is 0.391 e. The van der Waals surface area contributed by atoms with Crippen molar-refractivity contribution in [1.29, 1.82) is 0 Å². The molecule has 0 fully saturated rings. The number of rotatable bonds is 5. The molecule has 0 radical (unpaired) electrons. The molecule has 0 bridgehead atoms. The smallest absolute Gasteiger partial charge is 0.0735 e. The van der Waals surface area contributed by atoms with Gasteiger partial charge >= 0.3 is 0 Å². The molecule has 0 atom stereocenters. The van der Waals surface area contributed by atoms with Crippen molar-refractivity contribution in [3.8, 4) is 0 Å². The van der Waals surface area contributed by atoms with E-state index in [1.807, 2.05) is 0 Å². The van der Waals surface area contributed by atoms with Gasteiger partial charge in [0.05, 0.1) is 6.61 Å². The Labute approximate surface area is 76.7 Å². The van der Waals surface area contributed by atoms with Gasteiger partial charge in [-0.05, 0) is 35.4 Å². The van der Waals surface area contributed by atoms with E-state index >= 15 is 0 Å². The fourth-order valence-corrected chi connectivity index (χ4v) is 1.03. The van der Waals surface area contributed by atoms with Crippen LogP contribution in [0.2, 0.25) is 0 Å². The van der Waals surface area contributed by atoms with Gasteiger partial charge in [-0.3, -0.25) is 0 Å². The first-order valence-corrected chi connectivity index (χ1v) is 4.84. The van der Waals surface area contributed by atoms with Crippen LogP contribution in [0.25, 0.3) is 0 Å². The predicted octanol–water partition coefficient (Wildman–Crippen LogP) is 2.88. The van der Waals surface area contributed by atoms with Gasteiger partial charge in [-0.15, -0.1) is 0 Å². The maximum Gasteiger partial charge on any atom is 0.0735 e. The molecule has 1 N–H and O–H groups in total. The van der Waals surface area contributed by atoms with E-state index < -0.39 is 0 Å². The lowest BCUT2D eigenvalue weighted by atomic mass is 10.2. The van der Waals surface area contributed by atoms with Crippen molar-refractivity contribution < 1.29 is 5.11 Å². The molecule has 0 saturated heterocycles. The second-order valence-electron chi connectivity index (χ2n) is 2.30. The molecule has 0 aliphatic carbocycles. The summed E-state index contributed by atoms with van der Waals surface area (Å²) in [6, 6.07) is 0. The van der Waals surface area contributed by atoms with E-state index in [2.05, 4.69) is 35.6 Å². The van der Waals surface area contributed by atoms with E-state index in [0.29, 0.717) is 0 Å². The minimum absolute atomic E-state index is 0.201. The standard InChI is InChI=1S/C8H15IO/c1-2-3-4-5-6-8(9)7-10/h6,10H,2-5,7H2,1H3/b8-6+. The lowest BCUT2D eigenvalue weighted by Gasteiger charge is -1.93. The quantitative estimate of drug-likeness (QED) is 0.590. The van der Waals surface area contributed by atoms with Gasteiger partial charge in [0.15, 0.2) is 0 Å². The zero-order chi connectivity index (χ0) is 7.82. The fourth-order valence-electron chi connectivity index (χ4n) is 0.718. The lowest BCUT2D eigenvalue weighted by molar-refractivity contribution is 0.340. The predicted molar refractivity (Wildman–Crippen MR) is 53.3 cm³/mol. The number of aliphatic hydroxyl groups excluding tert-OH is 1. The minimum atomic E-state index is 0.201. The van der Waals surface area contributed by atoms with Crippen molar-refractivity contribution in [2.45, 2.75) is 32.6 Å². The van der Waals surface area contributed by atoms with E-state index in [4.69, 9.17) is 5.11 Å². The van der Waals surface area contributed by atoms with Crippen LogP contribution in [0.4, 0.5) is 0 Å². The van der Waals surface area contributed by atoms with Gasteiger partial charge in [-0.1, -0.05) is 25.8 Å². The van der Waals surface area contributed by atoms with Crippen molar-refractivity contribution in [2.24, 2.45) is 0 Å². The number of hydrogen-bond acceptors (Lipinski definition) is 1. The highest BCUT2D eigenvalue weighted by Crippen LogP contribution is 2.08. The van der Waals surface area contributed by atoms with Crippen LogP contribution in [0.15, 0.2) is 9.66 Å². The molecule has 0 aromatic rings. The highest BCUT2D eigenvalue weighted by atomic mass is 127. The molecule has 0 unspecified atom stereocenters. The van der Waals surface area contributed by atoms with Crippen LogP contribution in [0, 0.1) is 0 Å². The Bertz CT molecular complexity index is 99.4. The first-order valence-electron chi connectivity index (χ1n) is 3.76. The third-order valence-corrected chi connectivity index (χ3v) is 2.11. The molecule has 0 aromatic heterocycles. The van der Waals surface area contributed by atoms with Gasteiger partial charge in [-0.25, -0.2) is 0 Å². The number of aliphatic hydroxyl groups is 1. The van der Waals surface area contributed by atoms with E-state index in [1.54, 1.807) is 0 Å². The normalized spacial score (nSPS) is 12.1. The van der Waals surface area contributed by atoms with Crippen molar-refractivity contribution in [3.63, 3.8) is 0 Å². The highest BCUT2D eigenvalue weighted by Gasteiger charge is 1.86. The lowest BCUT2D eigenvalue weighted by Crippen LogP contribution is -1.79. The Kier molecular flexibility index (Phi) is 7.86. The average molecular weight is 254 g/mol. The molecule has 0 spiro atoms. The molecule has 0 rings (SSSR count). The van der Waals surface area contributed by atoms with Crippen molar-refractivity contribution >= 4 is 22.6 Å². The van der Waals surface area contributed by atoms with Crippen LogP contribution in [0.1, 0.15) is 32.6 Å². The summed E-state index contributed by atoms with van der Waals surface area (Å²) in [5.41, 5.74) is 0. The molecule has 0 amide bonds. The molecule has 0 saturated carbocycles. The van der Waals surface area contributed by atoms with E-state index in [-0.39, 0.29) is 6.61 Å². The molecular weight excluding hydrogens is 239 g/mol. The average Bonchev–Trinajstić information content (AvgIpc) is 1.98. The van der Waals surface area contributed by atoms with Crippen molar-refractivity contribution in [2.75, 3.05) is 6.61 Å². The Morgan fingerprint density at radius 3 is 2.70 bits per heavy atom. The van der Waals surface area contributed by atoms with Gasteiger partial charge in [0.2, 0.25) is 0 Å². The Morgan fingerprint density at radius 2 is 2.20 bits per heavy atom. The van der Waals surface area contributed by atoms with Gasteiger partial charge in [0, 0.05) is 3.58 Å². The second kappa shape index (κ2) is 7.54. The summed E-state index contributed by atoms with van der Waals surface area (Å²) in [7, 11) is 0. The summed E-state index contributed by atoms with van der Waals surface area (Å²) < 4.78 is 1.06. The summed E-state index contributed by atoms with van der Waals surface area (Å²) in [5.74, 6) is 0. The third-order valence-electron chi connectivity index (χ3n) is 1.32. The van der Waals surface area contributed by atoms with Gasteiger partial charge in [-0.2, -0.15) is 0 Å². The van der Waals surface area contributed by atoms with E-state index in [9.17, 15) is 0 Å². The molecule has 2 heteroatoms. The number of allylic oxidation sites excluding steroid dienone is 1. The Morgan fingerprint density at radius 1 is 1.50 bits per heavy atom. The zero-order valence-electron chi connectivity index (χ0n) is 6.44. The maximum atomic E-state index is 8.62. The fraction of sp³-hybridized carbons (Fsp3) is 0.750. The van der Waals surface area contributed by atoms with Gasteiger partial charge < -0.3 is 5.11 Å². The molecule has 0 heterocycles. The third kappa shape index (κ3) is 6.55. The number of halogens is 1. The Balaban J connectivity index is 3.16. The molecule has 60 valence electrons. The van der Waals surface area contributed by atoms with Crippen LogP contribution in [-0.4, -0.2) is 11.7 Å². The maximum absolute atomic E-state index is 8.62. The first-order chi connectivity index (χ1) is 4.81. The second-order valence-corrected chi connectivity index (χ2v) is 3.69. The van der Waals surface area contributed by atoms with Crippen molar-refractivity contribution in [3.05, 3.63) is 9.66 Å². The summed E-state index contributed by atoms with van der Waals surface area (Å²) in [5, 5.41) is 8.62. The Hall–Kier alpha value is 0.430. The molecule has 1 nitrogen and oxygen atoms in total. The molecule has 0 aliphatic rings. The molecule has 0 aromatic carbocycles.